The topological polar surface area (TPSA) is 58.1 Å². The Morgan fingerprint density at radius 2 is 2.04 bits per heavy atom. The van der Waals surface area contributed by atoms with Crippen LogP contribution in [0.3, 0.4) is 0 Å². The van der Waals surface area contributed by atoms with Gasteiger partial charge in [0.2, 0.25) is 0 Å². The Morgan fingerprint density at radius 3 is 2.69 bits per heavy atom. The molecule has 0 fully saturated rings. The average Bonchev–Trinajstić information content (AvgIpc) is 2.60. The van der Waals surface area contributed by atoms with Crippen molar-refractivity contribution in [3.05, 3.63) is 35.6 Å². The summed E-state index contributed by atoms with van der Waals surface area (Å²) < 4.78 is 23.9. The molecule has 1 atom stereocenters. The molecule has 0 radical (unpaired) electrons. The fourth-order valence-corrected chi connectivity index (χ4v) is 2.43. The Labute approximate surface area is 156 Å². The number of hydrogen-bond acceptors (Lipinski definition) is 4. The van der Waals surface area contributed by atoms with E-state index in [2.05, 4.69) is 15.6 Å². The molecule has 0 aliphatic carbocycles. The van der Waals surface area contributed by atoms with Crippen LogP contribution in [0.1, 0.15) is 24.9 Å². The van der Waals surface area contributed by atoms with Gasteiger partial charge in [0, 0.05) is 26.8 Å². The number of likely N-dealkylation sites (N-methyl/N-ethyl adjacent to an activating group) is 1. The summed E-state index contributed by atoms with van der Waals surface area (Å²) >= 11 is 0. The lowest BCUT2D eigenvalue weighted by atomic mass is 10.1. The number of nitrogens with one attached hydrogen (secondary N) is 2. The van der Waals surface area contributed by atoms with Crippen molar-refractivity contribution in [3.63, 3.8) is 0 Å². The maximum atomic E-state index is 13.5. The van der Waals surface area contributed by atoms with Crippen LogP contribution in [0, 0.1) is 5.82 Å². The summed E-state index contributed by atoms with van der Waals surface area (Å²) in [6.45, 7) is 6.02. The molecule has 0 saturated carbocycles. The van der Waals surface area contributed by atoms with Gasteiger partial charge in [-0.1, -0.05) is 12.1 Å². The van der Waals surface area contributed by atoms with Crippen LogP contribution >= 0.6 is 0 Å². The highest BCUT2D eigenvalue weighted by atomic mass is 19.1. The van der Waals surface area contributed by atoms with Crippen molar-refractivity contribution in [1.29, 1.82) is 0 Å². The van der Waals surface area contributed by atoms with Gasteiger partial charge < -0.3 is 25.0 Å². The molecular formula is C19H33FN4O2. The summed E-state index contributed by atoms with van der Waals surface area (Å²) in [6.07, 6.45) is 0.884. The lowest BCUT2D eigenvalue weighted by molar-refractivity contribution is 0.0698. The predicted molar refractivity (Wildman–Crippen MR) is 104 cm³/mol. The van der Waals surface area contributed by atoms with Gasteiger partial charge in [0.15, 0.2) is 5.96 Å². The third-order valence-electron chi connectivity index (χ3n) is 3.81. The van der Waals surface area contributed by atoms with Crippen LogP contribution in [-0.2, 0) is 9.47 Å². The molecule has 1 aromatic carbocycles. The number of methoxy groups -OCH3 is 1. The number of rotatable bonds is 12. The molecule has 1 rings (SSSR count). The van der Waals surface area contributed by atoms with Crippen molar-refractivity contribution >= 4 is 5.96 Å². The van der Waals surface area contributed by atoms with Crippen molar-refractivity contribution in [1.82, 2.24) is 15.5 Å². The highest BCUT2D eigenvalue weighted by Gasteiger charge is 2.14. The van der Waals surface area contributed by atoms with Gasteiger partial charge >= 0.3 is 0 Å². The fraction of sp³-hybridized carbons (Fsp3) is 0.632. The van der Waals surface area contributed by atoms with Gasteiger partial charge in [0.1, 0.15) is 5.82 Å². The normalized spacial score (nSPS) is 13.1. The van der Waals surface area contributed by atoms with E-state index in [9.17, 15) is 4.39 Å². The van der Waals surface area contributed by atoms with E-state index in [1.54, 1.807) is 19.2 Å². The van der Waals surface area contributed by atoms with E-state index < -0.39 is 0 Å². The molecule has 0 aromatic heterocycles. The second-order valence-electron chi connectivity index (χ2n) is 6.14. The first-order valence-electron chi connectivity index (χ1n) is 9.09. The number of nitrogens with zero attached hydrogens (tertiary/aromatic N) is 2. The Kier molecular flexibility index (Phi) is 11.6. The van der Waals surface area contributed by atoms with Crippen molar-refractivity contribution in [2.24, 2.45) is 4.99 Å². The summed E-state index contributed by atoms with van der Waals surface area (Å²) in [5.74, 6) is 0.532. The number of ether oxygens (including phenoxy) is 2. The third kappa shape index (κ3) is 9.12. The molecular weight excluding hydrogens is 335 g/mol. The minimum Gasteiger partial charge on any atom is -0.382 e. The van der Waals surface area contributed by atoms with Crippen molar-refractivity contribution < 1.29 is 13.9 Å². The zero-order valence-corrected chi connectivity index (χ0v) is 16.4. The molecule has 0 spiro atoms. The predicted octanol–water partition coefficient (Wildman–Crippen LogP) is 2.04. The summed E-state index contributed by atoms with van der Waals surface area (Å²) in [5, 5.41) is 6.54. The van der Waals surface area contributed by atoms with Crippen LogP contribution in [-0.4, -0.2) is 71.5 Å². The molecule has 148 valence electrons. The third-order valence-corrected chi connectivity index (χ3v) is 3.81. The minimum absolute atomic E-state index is 0.0125. The van der Waals surface area contributed by atoms with E-state index >= 15 is 0 Å². The molecule has 0 heterocycles. The van der Waals surface area contributed by atoms with Crippen LogP contribution in [0.25, 0.3) is 0 Å². The van der Waals surface area contributed by atoms with E-state index in [1.807, 2.05) is 32.0 Å². The Bertz CT molecular complexity index is 526. The van der Waals surface area contributed by atoms with E-state index in [1.165, 1.54) is 6.07 Å². The van der Waals surface area contributed by atoms with Gasteiger partial charge in [-0.3, -0.25) is 4.99 Å². The zero-order chi connectivity index (χ0) is 19.2. The van der Waals surface area contributed by atoms with Crippen LogP contribution in [0.4, 0.5) is 4.39 Å². The lowest BCUT2D eigenvalue weighted by Gasteiger charge is -2.23. The molecule has 0 amide bonds. The Morgan fingerprint density at radius 1 is 1.23 bits per heavy atom. The maximum absolute atomic E-state index is 13.5. The molecule has 0 aliphatic rings. The smallest absolute Gasteiger partial charge is 0.191 e. The maximum Gasteiger partial charge on any atom is 0.191 e. The monoisotopic (exact) mass is 368 g/mol. The molecule has 2 N–H and O–H groups in total. The van der Waals surface area contributed by atoms with Gasteiger partial charge in [0.25, 0.3) is 0 Å². The van der Waals surface area contributed by atoms with Gasteiger partial charge in [0.05, 0.1) is 25.8 Å². The molecule has 0 saturated heterocycles. The van der Waals surface area contributed by atoms with Crippen molar-refractivity contribution in [2.75, 3.05) is 60.7 Å². The number of aliphatic imine (C=N–C) groups is 1. The molecule has 0 bridgehead atoms. The first-order chi connectivity index (χ1) is 12.6. The first kappa shape index (κ1) is 22.3. The zero-order valence-electron chi connectivity index (χ0n) is 16.4. The highest BCUT2D eigenvalue weighted by molar-refractivity contribution is 5.79. The van der Waals surface area contributed by atoms with Gasteiger partial charge in [-0.25, -0.2) is 4.39 Å². The molecule has 1 unspecified atom stereocenters. The first-order valence-corrected chi connectivity index (χ1v) is 9.09. The standard InChI is InChI=1S/C19H33FN4O2/c1-5-21-19(22-10-7-11-26-13-12-25-4)23-15-18(24(2)3)16-8-6-9-17(20)14-16/h6,8-9,14,18H,5,7,10-13,15H2,1-4H3,(H2,21,22,23). The van der Waals surface area contributed by atoms with Crippen LogP contribution in [0.2, 0.25) is 0 Å². The summed E-state index contributed by atoms with van der Waals surface area (Å²) in [7, 11) is 5.61. The van der Waals surface area contributed by atoms with Crippen LogP contribution < -0.4 is 10.6 Å². The van der Waals surface area contributed by atoms with E-state index in [-0.39, 0.29) is 11.9 Å². The number of halogens is 1. The largest absolute Gasteiger partial charge is 0.382 e. The quantitative estimate of drug-likeness (QED) is 0.336. The fourth-order valence-electron chi connectivity index (χ4n) is 2.43. The molecule has 7 heteroatoms. The number of guanidine groups is 1. The second kappa shape index (κ2) is 13.5. The summed E-state index contributed by atoms with van der Waals surface area (Å²) in [6, 6.07) is 6.70. The average molecular weight is 368 g/mol. The van der Waals surface area contributed by atoms with E-state index in [0.717, 1.165) is 31.0 Å². The minimum atomic E-state index is -0.225. The van der Waals surface area contributed by atoms with Gasteiger partial charge in [-0.15, -0.1) is 0 Å². The van der Waals surface area contributed by atoms with Gasteiger partial charge in [-0.05, 0) is 45.1 Å². The molecule has 1 aromatic rings. The lowest BCUT2D eigenvalue weighted by Crippen LogP contribution is -2.38. The number of benzene rings is 1. The Balaban J connectivity index is 2.54. The SMILES string of the molecule is CCNC(=NCC(c1cccc(F)c1)N(C)C)NCCCOCCOC. The van der Waals surface area contributed by atoms with Gasteiger partial charge in [-0.2, -0.15) is 0 Å². The van der Waals surface area contributed by atoms with E-state index in [0.29, 0.717) is 26.4 Å². The second-order valence-corrected chi connectivity index (χ2v) is 6.14. The van der Waals surface area contributed by atoms with Crippen molar-refractivity contribution in [2.45, 2.75) is 19.4 Å². The Hall–Kier alpha value is -1.70. The molecule has 0 aliphatic heterocycles. The molecule has 26 heavy (non-hydrogen) atoms. The van der Waals surface area contributed by atoms with Crippen LogP contribution in [0.15, 0.2) is 29.3 Å². The summed E-state index contributed by atoms with van der Waals surface area (Å²) in [4.78, 5) is 6.70. The highest BCUT2D eigenvalue weighted by Crippen LogP contribution is 2.19. The van der Waals surface area contributed by atoms with Crippen molar-refractivity contribution in [3.8, 4) is 0 Å². The molecule has 6 nitrogen and oxygen atoms in total. The summed E-state index contributed by atoms with van der Waals surface area (Å²) in [5.41, 5.74) is 0.918. The van der Waals surface area contributed by atoms with E-state index in [4.69, 9.17) is 9.47 Å². The number of hydrogen-bond donors (Lipinski definition) is 2. The van der Waals surface area contributed by atoms with Crippen LogP contribution in [0.5, 0.6) is 0 Å².